The van der Waals surface area contributed by atoms with Crippen LogP contribution in [0.4, 0.5) is 4.79 Å². The zero-order chi connectivity index (χ0) is 14.6. The summed E-state index contributed by atoms with van der Waals surface area (Å²) in [6.45, 7) is 6.95. The van der Waals surface area contributed by atoms with Crippen LogP contribution in [0.2, 0.25) is 0 Å². The van der Waals surface area contributed by atoms with E-state index in [-0.39, 0.29) is 5.78 Å². The number of hydrogen-bond acceptors (Lipinski definition) is 3. The van der Waals surface area contributed by atoms with Crippen LogP contribution in [0.5, 0.6) is 0 Å². The first-order chi connectivity index (χ1) is 8.69. The van der Waals surface area contributed by atoms with Crippen LogP contribution in [0, 0.1) is 0 Å². The molecule has 0 heterocycles. The number of amides is 1. The lowest BCUT2D eigenvalue weighted by Gasteiger charge is -2.21. The molecule has 104 valence electrons. The summed E-state index contributed by atoms with van der Waals surface area (Å²) in [4.78, 5) is 23.6. The highest BCUT2D eigenvalue weighted by molar-refractivity contribution is 9.10. The van der Waals surface area contributed by atoms with Gasteiger partial charge in [0, 0.05) is 10.0 Å². The summed E-state index contributed by atoms with van der Waals surface area (Å²) in [5.41, 5.74) is -0.0310. The Morgan fingerprint density at radius 1 is 1.21 bits per heavy atom. The smallest absolute Gasteiger partial charge is 0.408 e. The fraction of sp³-hybridized carbons (Fsp3) is 0.429. The molecule has 1 amide bonds. The van der Waals surface area contributed by atoms with E-state index in [0.29, 0.717) is 5.56 Å². The van der Waals surface area contributed by atoms with Crippen molar-refractivity contribution < 1.29 is 14.3 Å². The van der Waals surface area contributed by atoms with E-state index in [1.807, 2.05) is 0 Å². The van der Waals surface area contributed by atoms with Crippen molar-refractivity contribution in [2.24, 2.45) is 0 Å². The Hall–Kier alpha value is -1.36. The minimum absolute atomic E-state index is 0.154. The van der Waals surface area contributed by atoms with E-state index in [1.54, 1.807) is 52.0 Å². The van der Waals surface area contributed by atoms with Crippen molar-refractivity contribution in [3.05, 3.63) is 34.3 Å². The van der Waals surface area contributed by atoms with Gasteiger partial charge in [0.25, 0.3) is 0 Å². The van der Waals surface area contributed by atoms with Crippen LogP contribution in [-0.2, 0) is 4.74 Å². The maximum Gasteiger partial charge on any atom is 0.408 e. The van der Waals surface area contributed by atoms with E-state index in [4.69, 9.17) is 4.74 Å². The largest absolute Gasteiger partial charge is 0.444 e. The molecule has 1 unspecified atom stereocenters. The van der Waals surface area contributed by atoms with Crippen LogP contribution in [-0.4, -0.2) is 23.5 Å². The maximum absolute atomic E-state index is 12.1. The molecule has 0 spiro atoms. The van der Waals surface area contributed by atoms with E-state index >= 15 is 0 Å². The molecule has 0 saturated heterocycles. The van der Waals surface area contributed by atoms with Crippen molar-refractivity contribution in [1.82, 2.24) is 5.32 Å². The summed E-state index contributed by atoms with van der Waals surface area (Å²) in [5.74, 6) is -0.154. The van der Waals surface area contributed by atoms with Gasteiger partial charge in [0.05, 0.1) is 6.04 Å². The zero-order valence-corrected chi connectivity index (χ0v) is 13.1. The quantitative estimate of drug-likeness (QED) is 0.864. The summed E-state index contributed by atoms with van der Waals surface area (Å²) in [6.07, 6.45) is -0.592. The zero-order valence-electron chi connectivity index (χ0n) is 11.5. The van der Waals surface area contributed by atoms with Gasteiger partial charge in [-0.2, -0.15) is 0 Å². The van der Waals surface area contributed by atoms with Crippen LogP contribution < -0.4 is 5.32 Å². The fourth-order valence-corrected chi connectivity index (χ4v) is 1.68. The minimum atomic E-state index is -0.629. The fourth-order valence-electron chi connectivity index (χ4n) is 1.41. The molecule has 0 radical (unpaired) electrons. The average Bonchev–Trinajstić information content (AvgIpc) is 2.26. The van der Waals surface area contributed by atoms with Crippen molar-refractivity contribution in [3.63, 3.8) is 0 Å². The summed E-state index contributed by atoms with van der Waals surface area (Å²) in [6, 6.07) is 6.36. The Bertz CT molecular complexity index is 463. The van der Waals surface area contributed by atoms with Crippen molar-refractivity contribution in [1.29, 1.82) is 0 Å². The Morgan fingerprint density at radius 2 is 1.74 bits per heavy atom. The van der Waals surface area contributed by atoms with Gasteiger partial charge in [0.1, 0.15) is 5.60 Å². The van der Waals surface area contributed by atoms with Crippen molar-refractivity contribution in [2.75, 3.05) is 0 Å². The first-order valence-corrected chi connectivity index (χ1v) is 6.77. The molecule has 0 bridgehead atoms. The molecular formula is C14H18BrNO3. The summed E-state index contributed by atoms with van der Waals surface area (Å²) < 4.78 is 6.00. The molecule has 0 saturated carbocycles. The molecule has 1 aromatic rings. The maximum atomic E-state index is 12.1. The number of Topliss-reactive ketones (excluding diaryl/α,β-unsaturated/α-hetero) is 1. The number of alkyl carbamates (subject to hydrolysis) is 1. The van der Waals surface area contributed by atoms with Gasteiger partial charge >= 0.3 is 6.09 Å². The van der Waals surface area contributed by atoms with Crippen LogP contribution in [0.1, 0.15) is 38.1 Å². The third kappa shape index (κ3) is 5.42. The normalized spacial score (nSPS) is 12.7. The first-order valence-electron chi connectivity index (χ1n) is 5.98. The molecule has 1 atom stereocenters. The van der Waals surface area contributed by atoms with Gasteiger partial charge in [-0.25, -0.2) is 4.79 Å². The predicted molar refractivity (Wildman–Crippen MR) is 77.3 cm³/mol. The van der Waals surface area contributed by atoms with Gasteiger partial charge in [-0.1, -0.05) is 28.1 Å². The second-order valence-corrected chi connectivity index (χ2v) is 6.15. The molecule has 0 aliphatic heterocycles. The van der Waals surface area contributed by atoms with Crippen LogP contribution in [0.25, 0.3) is 0 Å². The molecule has 1 aromatic carbocycles. The monoisotopic (exact) mass is 327 g/mol. The Labute approximate surface area is 121 Å². The van der Waals surface area contributed by atoms with Gasteiger partial charge in [-0.05, 0) is 39.8 Å². The highest BCUT2D eigenvalue weighted by Crippen LogP contribution is 2.12. The van der Waals surface area contributed by atoms with Gasteiger partial charge < -0.3 is 10.1 Å². The van der Waals surface area contributed by atoms with Gasteiger partial charge in [0.15, 0.2) is 5.78 Å². The van der Waals surface area contributed by atoms with Crippen molar-refractivity contribution in [2.45, 2.75) is 39.3 Å². The number of ether oxygens (including phenoxy) is 1. The van der Waals surface area contributed by atoms with E-state index in [2.05, 4.69) is 21.2 Å². The molecule has 1 N–H and O–H groups in total. The SMILES string of the molecule is CC(NC(=O)OC(C)(C)C)C(=O)c1ccc(Br)cc1. The average molecular weight is 328 g/mol. The van der Waals surface area contributed by atoms with E-state index in [1.165, 1.54) is 0 Å². The lowest BCUT2D eigenvalue weighted by atomic mass is 10.1. The standard InChI is InChI=1S/C14H18BrNO3/c1-9(16-13(18)19-14(2,3)4)12(17)10-5-7-11(15)8-6-10/h5-9H,1-4H3,(H,16,18). The van der Waals surface area contributed by atoms with Gasteiger partial charge in [-0.3, -0.25) is 4.79 Å². The van der Waals surface area contributed by atoms with E-state index in [9.17, 15) is 9.59 Å². The van der Waals surface area contributed by atoms with Crippen molar-refractivity contribution in [3.8, 4) is 0 Å². The Morgan fingerprint density at radius 3 is 2.21 bits per heavy atom. The molecule has 5 heteroatoms. The minimum Gasteiger partial charge on any atom is -0.444 e. The number of benzene rings is 1. The Balaban J connectivity index is 2.63. The van der Waals surface area contributed by atoms with Gasteiger partial charge in [0.2, 0.25) is 0 Å². The van der Waals surface area contributed by atoms with Gasteiger partial charge in [-0.15, -0.1) is 0 Å². The number of carbonyl (C=O) groups is 2. The third-order valence-corrected chi connectivity index (χ3v) is 2.78. The molecule has 0 aliphatic rings. The number of halogens is 1. The second kappa shape index (κ2) is 6.19. The number of carbonyl (C=O) groups excluding carboxylic acids is 2. The number of ketones is 1. The lowest BCUT2D eigenvalue weighted by Crippen LogP contribution is -2.41. The predicted octanol–water partition coefficient (Wildman–Crippen LogP) is 3.55. The molecule has 0 aliphatic carbocycles. The molecule has 19 heavy (non-hydrogen) atoms. The van der Waals surface area contributed by atoms with E-state index < -0.39 is 17.7 Å². The van der Waals surface area contributed by atoms with Crippen LogP contribution in [0.3, 0.4) is 0 Å². The van der Waals surface area contributed by atoms with Crippen LogP contribution in [0.15, 0.2) is 28.7 Å². The van der Waals surface area contributed by atoms with E-state index in [0.717, 1.165) is 4.47 Å². The molecular weight excluding hydrogens is 310 g/mol. The summed E-state index contributed by atoms with van der Waals surface area (Å²) in [5, 5.41) is 2.53. The summed E-state index contributed by atoms with van der Waals surface area (Å²) in [7, 11) is 0. The number of hydrogen-bond donors (Lipinski definition) is 1. The molecule has 0 fully saturated rings. The topological polar surface area (TPSA) is 55.4 Å². The lowest BCUT2D eigenvalue weighted by molar-refractivity contribution is 0.0497. The third-order valence-electron chi connectivity index (χ3n) is 2.26. The molecule has 0 aromatic heterocycles. The Kier molecular flexibility index (Phi) is 5.11. The number of rotatable bonds is 3. The first kappa shape index (κ1) is 15.7. The number of nitrogens with one attached hydrogen (secondary N) is 1. The van der Waals surface area contributed by atoms with Crippen molar-refractivity contribution >= 4 is 27.8 Å². The summed E-state index contributed by atoms with van der Waals surface area (Å²) >= 11 is 3.30. The van der Waals surface area contributed by atoms with Crippen LogP contribution >= 0.6 is 15.9 Å². The second-order valence-electron chi connectivity index (χ2n) is 5.24. The molecule has 1 rings (SSSR count). The highest BCUT2D eigenvalue weighted by atomic mass is 79.9. The highest BCUT2D eigenvalue weighted by Gasteiger charge is 2.21. The molecule has 4 nitrogen and oxygen atoms in total.